The molecule has 158 valence electrons. The van der Waals surface area contributed by atoms with Gasteiger partial charge in [0.15, 0.2) is 0 Å². The van der Waals surface area contributed by atoms with Crippen LogP contribution in [-0.2, 0) is 15.7 Å². The Kier molecular flexibility index (Phi) is 9.19. The van der Waals surface area contributed by atoms with Crippen molar-refractivity contribution in [2.24, 2.45) is 5.73 Å². The highest BCUT2D eigenvalue weighted by molar-refractivity contribution is 5.97. The van der Waals surface area contributed by atoms with Gasteiger partial charge in [0.05, 0.1) is 11.7 Å². The number of hydrogen-bond acceptors (Lipinski definition) is 4. The second-order valence-corrected chi connectivity index (χ2v) is 6.48. The van der Waals surface area contributed by atoms with Crippen LogP contribution in [0.25, 0.3) is 0 Å². The van der Waals surface area contributed by atoms with Gasteiger partial charge in [0.2, 0.25) is 5.91 Å². The van der Waals surface area contributed by atoms with Gasteiger partial charge in [-0.3, -0.25) is 9.59 Å². The molecule has 0 spiro atoms. The SMILES string of the molecule is CC(=O)Nc1cc(C(=O)N2CCC(OCCCN)CC2)cc(C(F)(F)F)c1.Cl. The van der Waals surface area contributed by atoms with Gasteiger partial charge in [-0.25, -0.2) is 0 Å². The van der Waals surface area contributed by atoms with E-state index in [-0.39, 0.29) is 29.8 Å². The average molecular weight is 424 g/mol. The molecule has 2 amide bonds. The molecule has 0 atom stereocenters. The Morgan fingerprint density at radius 2 is 1.89 bits per heavy atom. The first-order chi connectivity index (χ1) is 12.7. The number of piperidine rings is 1. The van der Waals surface area contributed by atoms with Crippen molar-refractivity contribution in [3.63, 3.8) is 0 Å². The van der Waals surface area contributed by atoms with Gasteiger partial charge >= 0.3 is 6.18 Å². The molecule has 28 heavy (non-hydrogen) atoms. The summed E-state index contributed by atoms with van der Waals surface area (Å²) in [4.78, 5) is 25.4. The van der Waals surface area contributed by atoms with Gasteiger partial charge in [0, 0.05) is 37.9 Å². The molecule has 0 unspecified atom stereocenters. The number of likely N-dealkylation sites (tertiary alicyclic amines) is 1. The van der Waals surface area contributed by atoms with Gasteiger partial charge in [-0.05, 0) is 44.0 Å². The van der Waals surface area contributed by atoms with Crippen molar-refractivity contribution in [3.05, 3.63) is 29.3 Å². The third-order valence-corrected chi connectivity index (χ3v) is 4.26. The Morgan fingerprint density at radius 1 is 1.25 bits per heavy atom. The van der Waals surface area contributed by atoms with E-state index < -0.39 is 23.6 Å². The summed E-state index contributed by atoms with van der Waals surface area (Å²) in [5, 5.41) is 2.31. The number of carbonyl (C=O) groups excluding carboxylic acids is 2. The highest BCUT2D eigenvalue weighted by atomic mass is 35.5. The predicted molar refractivity (Wildman–Crippen MR) is 102 cm³/mol. The number of halogens is 4. The molecule has 0 radical (unpaired) electrons. The van der Waals surface area contributed by atoms with Gasteiger partial charge in [0.1, 0.15) is 0 Å². The number of rotatable bonds is 6. The monoisotopic (exact) mass is 423 g/mol. The second kappa shape index (κ2) is 10.6. The van der Waals surface area contributed by atoms with Crippen molar-refractivity contribution in [1.82, 2.24) is 4.90 Å². The van der Waals surface area contributed by atoms with Gasteiger partial charge in [-0.1, -0.05) is 0 Å². The van der Waals surface area contributed by atoms with E-state index in [9.17, 15) is 22.8 Å². The lowest BCUT2D eigenvalue weighted by molar-refractivity contribution is -0.137. The van der Waals surface area contributed by atoms with Gasteiger partial charge in [-0.2, -0.15) is 13.2 Å². The first-order valence-electron chi connectivity index (χ1n) is 8.81. The van der Waals surface area contributed by atoms with E-state index in [1.165, 1.54) is 17.9 Å². The highest BCUT2D eigenvalue weighted by Gasteiger charge is 2.33. The second-order valence-electron chi connectivity index (χ2n) is 6.48. The molecule has 10 heteroatoms. The molecular formula is C18H25ClF3N3O3. The number of nitrogens with two attached hydrogens (primary N) is 1. The van der Waals surface area contributed by atoms with E-state index in [1.807, 2.05) is 0 Å². The molecule has 1 saturated heterocycles. The number of ether oxygens (including phenoxy) is 1. The van der Waals surface area contributed by atoms with Crippen LogP contribution in [0.3, 0.4) is 0 Å². The van der Waals surface area contributed by atoms with Crippen LogP contribution in [0.15, 0.2) is 18.2 Å². The molecule has 1 aliphatic rings. The molecule has 1 fully saturated rings. The van der Waals surface area contributed by atoms with Gasteiger partial charge < -0.3 is 20.7 Å². The number of carbonyl (C=O) groups is 2. The van der Waals surface area contributed by atoms with Crippen LogP contribution in [-0.4, -0.2) is 49.1 Å². The Morgan fingerprint density at radius 3 is 2.43 bits per heavy atom. The number of nitrogens with one attached hydrogen (secondary N) is 1. The van der Waals surface area contributed by atoms with E-state index in [2.05, 4.69) is 5.32 Å². The highest BCUT2D eigenvalue weighted by Crippen LogP contribution is 2.32. The topological polar surface area (TPSA) is 84.7 Å². The number of alkyl halides is 3. The van der Waals surface area contributed by atoms with Crippen LogP contribution in [0.2, 0.25) is 0 Å². The molecule has 3 N–H and O–H groups in total. The minimum absolute atomic E-state index is 0. The minimum Gasteiger partial charge on any atom is -0.378 e. The van der Waals surface area contributed by atoms with Crippen molar-refractivity contribution in [1.29, 1.82) is 0 Å². The molecule has 0 aromatic heterocycles. The lowest BCUT2D eigenvalue weighted by Crippen LogP contribution is -2.41. The summed E-state index contributed by atoms with van der Waals surface area (Å²) in [6.45, 7) is 3.10. The van der Waals surface area contributed by atoms with Crippen molar-refractivity contribution < 1.29 is 27.5 Å². The molecule has 1 aliphatic heterocycles. The molecular weight excluding hydrogens is 399 g/mol. The third-order valence-electron chi connectivity index (χ3n) is 4.26. The fourth-order valence-electron chi connectivity index (χ4n) is 2.93. The summed E-state index contributed by atoms with van der Waals surface area (Å²) in [6, 6.07) is 2.90. The van der Waals surface area contributed by atoms with Crippen molar-refractivity contribution in [2.45, 2.75) is 38.5 Å². The first-order valence-corrected chi connectivity index (χ1v) is 8.81. The van der Waals surface area contributed by atoms with Crippen LogP contribution < -0.4 is 11.1 Å². The lowest BCUT2D eigenvalue weighted by Gasteiger charge is -2.32. The van der Waals surface area contributed by atoms with Crippen LogP contribution in [0.5, 0.6) is 0 Å². The normalized spacial score (nSPS) is 15.1. The van der Waals surface area contributed by atoms with Crippen molar-refractivity contribution >= 4 is 29.9 Å². The molecule has 2 rings (SSSR count). The minimum atomic E-state index is -4.62. The summed E-state index contributed by atoms with van der Waals surface area (Å²) in [7, 11) is 0. The van der Waals surface area contributed by atoms with Gasteiger partial charge in [0.25, 0.3) is 5.91 Å². The Hall–Kier alpha value is -1.84. The fourth-order valence-corrected chi connectivity index (χ4v) is 2.93. The summed E-state index contributed by atoms with van der Waals surface area (Å²) >= 11 is 0. The molecule has 0 saturated carbocycles. The molecule has 6 nitrogen and oxygen atoms in total. The zero-order valence-electron chi connectivity index (χ0n) is 15.6. The quantitative estimate of drug-likeness (QED) is 0.689. The summed E-state index contributed by atoms with van der Waals surface area (Å²) < 4.78 is 45.0. The van der Waals surface area contributed by atoms with Crippen molar-refractivity contribution in [2.75, 3.05) is 31.6 Å². The molecule has 1 aromatic carbocycles. The molecule has 1 heterocycles. The largest absolute Gasteiger partial charge is 0.416 e. The number of nitrogens with zero attached hydrogens (tertiary/aromatic N) is 1. The average Bonchev–Trinajstić information content (AvgIpc) is 2.60. The van der Waals surface area contributed by atoms with E-state index in [0.717, 1.165) is 18.6 Å². The standard InChI is InChI=1S/C18H24F3N3O3.ClH/c1-12(25)23-15-10-13(9-14(11-15)18(19,20)21)17(26)24-6-3-16(4-7-24)27-8-2-5-22;/h9-11,16H,2-8,22H2,1H3,(H,23,25);1H. The lowest BCUT2D eigenvalue weighted by atomic mass is 10.0. The van der Waals surface area contributed by atoms with Gasteiger partial charge in [-0.15, -0.1) is 12.4 Å². The Labute approximate surface area is 168 Å². The summed E-state index contributed by atoms with van der Waals surface area (Å²) in [5.74, 6) is -1.00. The number of anilines is 1. The Balaban J connectivity index is 0.00000392. The van der Waals surface area contributed by atoms with E-state index in [4.69, 9.17) is 10.5 Å². The van der Waals surface area contributed by atoms with Crippen LogP contribution in [0.4, 0.5) is 18.9 Å². The summed E-state index contributed by atoms with van der Waals surface area (Å²) in [5.41, 5.74) is 4.29. The number of amides is 2. The third kappa shape index (κ3) is 6.96. The van der Waals surface area contributed by atoms with E-state index >= 15 is 0 Å². The number of benzene rings is 1. The number of hydrogen-bond donors (Lipinski definition) is 2. The van der Waals surface area contributed by atoms with Crippen LogP contribution in [0.1, 0.15) is 42.1 Å². The maximum atomic E-state index is 13.1. The zero-order valence-corrected chi connectivity index (χ0v) is 16.4. The smallest absolute Gasteiger partial charge is 0.378 e. The van der Waals surface area contributed by atoms with E-state index in [0.29, 0.717) is 39.1 Å². The van der Waals surface area contributed by atoms with Crippen molar-refractivity contribution in [3.8, 4) is 0 Å². The zero-order chi connectivity index (χ0) is 20.0. The summed E-state index contributed by atoms with van der Waals surface area (Å²) in [6.07, 6.45) is -2.60. The first kappa shape index (κ1) is 24.2. The maximum Gasteiger partial charge on any atom is 0.416 e. The Bertz CT molecular complexity index is 678. The van der Waals surface area contributed by atoms with Crippen LogP contribution in [0, 0.1) is 0 Å². The molecule has 0 aliphatic carbocycles. The molecule has 0 bridgehead atoms. The van der Waals surface area contributed by atoms with E-state index in [1.54, 1.807) is 0 Å². The fraction of sp³-hybridized carbons (Fsp3) is 0.556. The maximum absolute atomic E-state index is 13.1. The molecule has 1 aromatic rings. The predicted octanol–water partition coefficient (Wildman–Crippen LogP) is 3.06. The van der Waals surface area contributed by atoms with Crippen LogP contribution >= 0.6 is 12.4 Å².